The van der Waals surface area contributed by atoms with E-state index in [0.717, 1.165) is 11.3 Å². The molecule has 0 bridgehead atoms. The molecule has 11 heteroatoms. The Balaban J connectivity index is 1.53. The molecule has 0 radical (unpaired) electrons. The molecule has 0 saturated carbocycles. The fraction of sp³-hybridized carbons (Fsp3) is 0.185. The molecule has 3 aromatic rings. The van der Waals surface area contributed by atoms with Gasteiger partial charge in [-0.05, 0) is 88.2 Å². The minimum atomic E-state index is -0.451. The number of rotatable bonds is 10. The number of nitro benzene ring substituents is 1. The van der Waals surface area contributed by atoms with Crippen LogP contribution in [0.5, 0.6) is 5.75 Å². The third-order valence-corrected chi connectivity index (χ3v) is 7.26. The Labute approximate surface area is 237 Å². The van der Waals surface area contributed by atoms with Crippen molar-refractivity contribution < 1.29 is 19.2 Å². The normalized spacial score (nSPS) is 15.4. The summed E-state index contributed by atoms with van der Waals surface area (Å²) in [5.41, 5.74) is 2.24. The Morgan fingerprint density at radius 2 is 1.89 bits per heavy atom. The molecule has 1 amide bonds. The van der Waals surface area contributed by atoms with Gasteiger partial charge in [-0.3, -0.25) is 19.8 Å². The van der Waals surface area contributed by atoms with Crippen molar-refractivity contribution in [2.24, 2.45) is 4.99 Å². The predicted molar refractivity (Wildman–Crippen MR) is 154 cm³/mol. The molecule has 0 aliphatic carbocycles. The van der Waals surface area contributed by atoms with E-state index in [0.29, 0.717) is 50.6 Å². The largest absolute Gasteiger partial charge is 0.486 e. The zero-order valence-corrected chi connectivity index (χ0v) is 23.5. The standard InChI is InChI=1S/C27H23BrClN3O5S/c1-2-36-13-12-31-26(33)24(38-27(31)30-20-6-4-3-5-7-20)16-19-14-22(28)25(23(29)15-19)37-17-18-8-10-21(11-9-18)32(34)35/h3-11,14-16H,2,12-13,17H2,1H3/b24-16-,30-27?. The maximum absolute atomic E-state index is 13.3. The number of hydrogen-bond donors (Lipinski definition) is 0. The summed E-state index contributed by atoms with van der Waals surface area (Å²) in [6.45, 7) is 3.45. The third kappa shape index (κ3) is 7.02. The first kappa shape index (κ1) is 27.8. The van der Waals surface area contributed by atoms with Crippen LogP contribution in [0.15, 0.2) is 81.1 Å². The third-order valence-electron chi connectivity index (χ3n) is 5.38. The second-order valence-corrected chi connectivity index (χ2v) is 10.3. The number of para-hydroxylation sites is 1. The number of ether oxygens (including phenoxy) is 2. The summed E-state index contributed by atoms with van der Waals surface area (Å²) in [4.78, 5) is 30.5. The first-order valence-electron chi connectivity index (χ1n) is 11.6. The number of halogens is 2. The first-order chi connectivity index (χ1) is 18.4. The Hall–Kier alpha value is -3.18. The van der Waals surface area contributed by atoms with Crippen LogP contribution < -0.4 is 4.74 Å². The number of thioether (sulfide) groups is 1. The van der Waals surface area contributed by atoms with Gasteiger partial charge in [0.05, 0.1) is 38.2 Å². The molecule has 0 N–H and O–H groups in total. The van der Waals surface area contributed by atoms with E-state index in [1.807, 2.05) is 43.3 Å². The summed E-state index contributed by atoms with van der Waals surface area (Å²) in [5.74, 6) is 0.275. The lowest BCUT2D eigenvalue weighted by molar-refractivity contribution is -0.384. The van der Waals surface area contributed by atoms with Gasteiger partial charge in [0.25, 0.3) is 11.6 Å². The van der Waals surface area contributed by atoms with E-state index < -0.39 is 4.92 Å². The van der Waals surface area contributed by atoms with Crippen LogP contribution in [0.4, 0.5) is 11.4 Å². The fourth-order valence-electron chi connectivity index (χ4n) is 3.52. The average molecular weight is 617 g/mol. The second-order valence-electron chi connectivity index (χ2n) is 8.02. The number of non-ortho nitro benzene ring substituents is 1. The van der Waals surface area contributed by atoms with Gasteiger partial charge in [-0.15, -0.1) is 0 Å². The summed E-state index contributed by atoms with van der Waals surface area (Å²) in [6, 6.07) is 19.1. The van der Waals surface area contributed by atoms with Gasteiger partial charge < -0.3 is 9.47 Å². The Bertz CT molecular complexity index is 1360. The van der Waals surface area contributed by atoms with Crippen LogP contribution in [0.2, 0.25) is 5.02 Å². The summed E-state index contributed by atoms with van der Waals surface area (Å²) in [7, 11) is 0. The van der Waals surface area contributed by atoms with E-state index in [1.165, 1.54) is 23.9 Å². The van der Waals surface area contributed by atoms with E-state index in [-0.39, 0.29) is 18.2 Å². The maximum atomic E-state index is 13.3. The zero-order valence-electron chi connectivity index (χ0n) is 20.3. The average Bonchev–Trinajstić information content (AvgIpc) is 3.18. The predicted octanol–water partition coefficient (Wildman–Crippen LogP) is 7.23. The minimum absolute atomic E-state index is 0.0121. The highest BCUT2D eigenvalue weighted by Crippen LogP contribution is 2.38. The van der Waals surface area contributed by atoms with Gasteiger partial charge in [0.15, 0.2) is 10.9 Å². The van der Waals surface area contributed by atoms with Crippen LogP contribution in [-0.2, 0) is 16.1 Å². The number of benzene rings is 3. The molecule has 8 nitrogen and oxygen atoms in total. The molecule has 1 aliphatic rings. The lowest BCUT2D eigenvalue weighted by Crippen LogP contribution is -2.32. The van der Waals surface area contributed by atoms with Gasteiger partial charge in [0.1, 0.15) is 6.61 Å². The zero-order chi connectivity index (χ0) is 27.1. The van der Waals surface area contributed by atoms with Crippen molar-refractivity contribution in [3.8, 4) is 5.75 Å². The minimum Gasteiger partial charge on any atom is -0.486 e. The van der Waals surface area contributed by atoms with Gasteiger partial charge in [-0.2, -0.15) is 0 Å². The number of nitro groups is 1. The number of amides is 1. The highest BCUT2D eigenvalue weighted by atomic mass is 79.9. The van der Waals surface area contributed by atoms with E-state index in [1.54, 1.807) is 29.2 Å². The van der Waals surface area contributed by atoms with Crippen molar-refractivity contribution in [3.63, 3.8) is 0 Å². The number of carbonyl (C=O) groups is 1. The van der Waals surface area contributed by atoms with Crippen molar-refractivity contribution in [1.82, 2.24) is 4.90 Å². The lowest BCUT2D eigenvalue weighted by atomic mass is 10.2. The molecule has 1 aliphatic heterocycles. The molecule has 0 aromatic heterocycles. The molecule has 1 saturated heterocycles. The summed E-state index contributed by atoms with van der Waals surface area (Å²) >= 11 is 11.3. The van der Waals surface area contributed by atoms with Crippen molar-refractivity contribution in [2.45, 2.75) is 13.5 Å². The molecule has 0 atom stereocenters. The molecular weight excluding hydrogens is 594 g/mol. The second kappa shape index (κ2) is 13.1. The quantitative estimate of drug-likeness (QED) is 0.103. The van der Waals surface area contributed by atoms with Crippen LogP contribution in [0.3, 0.4) is 0 Å². The van der Waals surface area contributed by atoms with Gasteiger partial charge in [0.2, 0.25) is 0 Å². The number of amidine groups is 1. The van der Waals surface area contributed by atoms with Crippen LogP contribution >= 0.6 is 39.3 Å². The van der Waals surface area contributed by atoms with Crippen molar-refractivity contribution in [1.29, 1.82) is 0 Å². The molecule has 1 heterocycles. The SMILES string of the molecule is CCOCCN1C(=O)/C(=C/c2cc(Cl)c(OCc3ccc([N+](=O)[O-])cc3)c(Br)c2)SC1=Nc1ccccc1. The van der Waals surface area contributed by atoms with Gasteiger partial charge in [0, 0.05) is 18.7 Å². The van der Waals surface area contributed by atoms with Crippen LogP contribution in [0.1, 0.15) is 18.1 Å². The number of nitrogens with zero attached hydrogens (tertiary/aromatic N) is 3. The van der Waals surface area contributed by atoms with Crippen molar-refractivity contribution >= 4 is 67.8 Å². The van der Waals surface area contributed by atoms with Crippen LogP contribution in [0.25, 0.3) is 6.08 Å². The molecule has 196 valence electrons. The van der Waals surface area contributed by atoms with E-state index in [9.17, 15) is 14.9 Å². The van der Waals surface area contributed by atoms with E-state index in [4.69, 9.17) is 21.1 Å². The number of aliphatic imine (C=N–C) groups is 1. The van der Waals surface area contributed by atoms with Crippen LogP contribution in [-0.4, -0.2) is 40.7 Å². The van der Waals surface area contributed by atoms with Crippen molar-refractivity contribution in [2.75, 3.05) is 19.8 Å². The Morgan fingerprint density at radius 3 is 2.55 bits per heavy atom. The molecule has 38 heavy (non-hydrogen) atoms. The molecular formula is C27H23BrClN3O5S. The number of carbonyl (C=O) groups excluding carboxylic acids is 1. The molecule has 3 aromatic carbocycles. The smallest absolute Gasteiger partial charge is 0.269 e. The lowest BCUT2D eigenvalue weighted by Gasteiger charge is -2.15. The van der Waals surface area contributed by atoms with Gasteiger partial charge >= 0.3 is 0 Å². The molecule has 4 rings (SSSR count). The number of hydrogen-bond acceptors (Lipinski definition) is 7. The Morgan fingerprint density at radius 1 is 1.16 bits per heavy atom. The van der Waals surface area contributed by atoms with Gasteiger partial charge in [-0.25, -0.2) is 4.99 Å². The van der Waals surface area contributed by atoms with Crippen LogP contribution in [0, 0.1) is 10.1 Å². The summed E-state index contributed by atoms with van der Waals surface area (Å²) in [6.07, 6.45) is 1.77. The van der Waals surface area contributed by atoms with Crippen molar-refractivity contribution in [3.05, 3.63) is 102 Å². The van der Waals surface area contributed by atoms with Gasteiger partial charge in [-0.1, -0.05) is 29.8 Å². The highest BCUT2D eigenvalue weighted by Gasteiger charge is 2.33. The topological polar surface area (TPSA) is 94.3 Å². The fourth-order valence-corrected chi connectivity index (χ4v) is 5.54. The summed E-state index contributed by atoms with van der Waals surface area (Å²) in [5, 5.41) is 11.8. The Kier molecular flexibility index (Phi) is 9.57. The highest BCUT2D eigenvalue weighted by molar-refractivity contribution is 9.10. The van der Waals surface area contributed by atoms with E-state index in [2.05, 4.69) is 20.9 Å². The molecule has 0 spiro atoms. The molecule has 1 fully saturated rings. The maximum Gasteiger partial charge on any atom is 0.269 e. The summed E-state index contributed by atoms with van der Waals surface area (Å²) < 4.78 is 12.0. The first-order valence-corrected chi connectivity index (χ1v) is 13.6. The molecule has 0 unspecified atom stereocenters. The van der Waals surface area contributed by atoms with E-state index >= 15 is 0 Å². The monoisotopic (exact) mass is 615 g/mol.